The van der Waals surface area contributed by atoms with Gasteiger partial charge in [0.2, 0.25) is 0 Å². The number of aliphatic hydroxyl groups is 1. The standard InChI is InChI=1S/C17H19F2NO3/c1-20(15-7-5-12(22-2)9-17(15)23-3)10-16(21)11-4-6-13(18)14(19)8-11/h4-9,16,21H,10H2,1-3H3. The first-order valence-electron chi connectivity index (χ1n) is 7.02. The molecule has 23 heavy (non-hydrogen) atoms. The summed E-state index contributed by atoms with van der Waals surface area (Å²) < 4.78 is 36.7. The Bertz CT molecular complexity index is 679. The van der Waals surface area contributed by atoms with Crippen molar-refractivity contribution in [3.63, 3.8) is 0 Å². The van der Waals surface area contributed by atoms with Gasteiger partial charge in [-0.05, 0) is 29.8 Å². The zero-order valence-corrected chi connectivity index (χ0v) is 13.2. The lowest BCUT2D eigenvalue weighted by Crippen LogP contribution is -2.24. The Kier molecular flexibility index (Phi) is 5.39. The lowest BCUT2D eigenvalue weighted by molar-refractivity contribution is 0.184. The summed E-state index contributed by atoms with van der Waals surface area (Å²) in [6.07, 6.45) is -0.970. The van der Waals surface area contributed by atoms with Crippen molar-refractivity contribution in [1.29, 1.82) is 0 Å². The second kappa shape index (κ2) is 7.28. The molecule has 0 saturated heterocycles. The summed E-state index contributed by atoms with van der Waals surface area (Å²) in [5, 5.41) is 10.2. The summed E-state index contributed by atoms with van der Waals surface area (Å²) in [5.74, 6) is -0.679. The van der Waals surface area contributed by atoms with Crippen molar-refractivity contribution in [2.24, 2.45) is 0 Å². The molecule has 0 aliphatic carbocycles. The van der Waals surface area contributed by atoms with Crippen LogP contribution in [-0.4, -0.2) is 32.9 Å². The predicted molar refractivity (Wildman–Crippen MR) is 84.1 cm³/mol. The average molecular weight is 323 g/mol. The van der Waals surface area contributed by atoms with Gasteiger partial charge in [-0.3, -0.25) is 0 Å². The predicted octanol–water partition coefficient (Wildman–Crippen LogP) is 3.15. The highest BCUT2D eigenvalue weighted by Gasteiger charge is 2.16. The van der Waals surface area contributed by atoms with Crippen LogP contribution in [0.5, 0.6) is 11.5 Å². The number of hydrogen-bond acceptors (Lipinski definition) is 4. The Labute approximate surface area is 133 Å². The molecule has 0 radical (unpaired) electrons. The number of rotatable bonds is 6. The number of benzene rings is 2. The van der Waals surface area contributed by atoms with E-state index in [1.54, 1.807) is 37.3 Å². The van der Waals surface area contributed by atoms with Crippen molar-refractivity contribution in [3.8, 4) is 11.5 Å². The van der Waals surface area contributed by atoms with Crippen molar-refractivity contribution in [2.75, 3.05) is 32.7 Å². The van der Waals surface area contributed by atoms with E-state index in [0.29, 0.717) is 17.1 Å². The SMILES string of the molecule is COc1ccc(N(C)CC(O)c2ccc(F)c(F)c2)c(OC)c1. The quantitative estimate of drug-likeness (QED) is 0.887. The molecule has 124 valence electrons. The molecule has 0 aliphatic rings. The van der Waals surface area contributed by atoms with Gasteiger partial charge in [0, 0.05) is 19.7 Å². The molecule has 2 aromatic carbocycles. The van der Waals surface area contributed by atoms with Gasteiger partial charge < -0.3 is 19.5 Å². The number of anilines is 1. The molecule has 0 amide bonds. The lowest BCUT2D eigenvalue weighted by Gasteiger charge is -2.25. The second-order valence-corrected chi connectivity index (χ2v) is 5.11. The third kappa shape index (κ3) is 3.90. The van der Waals surface area contributed by atoms with Crippen molar-refractivity contribution >= 4 is 5.69 Å². The minimum Gasteiger partial charge on any atom is -0.497 e. The molecule has 0 bridgehead atoms. The summed E-state index contributed by atoms with van der Waals surface area (Å²) in [5.41, 5.74) is 1.05. The third-order valence-corrected chi connectivity index (χ3v) is 3.57. The van der Waals surface area contributed by atoms with Gasteiger partial charge in [-0.25, -0.2) is 8.78 Å². The summed E-state index contributed by atoms with van der Waals surface area (Å²) in [6, 6.07) is 8.67. The smallest absolute Gasteiger partial charge is 0.159 e. The number of methoxy groups -OCH3 is 2. The fraction of sp³-hybridized carbons (Fsp3) is 0.294. The van der Waals surface area contributed by atoms with E-state index in [0.717, 1.165) is 17.8 Å². The van der Waals surface area contributed by atoms with Crippen molar-refractivity contribution in [2.45, 2.75) is 6.10 Å². The maximum Gasteiger partial charge on any atom is 0.159 e. The van der Waals surface area contributed by atoms with E-state index >= 15 is 0 Å². The van der Waals surface area contributed by atoms with Gasteiger partial charge in [0.05, 0.1) is 26.0 Å². The molecule has 0 fully saturated rings. The molecule has 0 aliphatic heterocycles. The Morgan fingerprint density at radius 1 is 1.04 bits per heavy atom. The molecule has 1 atom stereocenters. The van der Waals surface area contributed by atoms with Gasteiger partial charge in [-0.15, -0.1) is 0 Å². The summed E-state index contributed by atoms with van der Waals surface area (Å²) in [7, 11) is 4.87. The van der Waals surface area contributed by atoms with E-state index in [4.69, 9.17) is 9.47 Å². The molecule has 0 aromatic heterocycles. The second-order valence-electron chi connectivity index (χ2n) is 5.11. The van der Waals surface area contributed by atoms with E-state index in [2.05, 4.69) is 0 Å². The normalized spacial score (nSPS) is 11.9. The first-order chi connectivity index (χ1) is 11.0. The first-order valence-corrected chi connectivity index (χ1v) is 7.02. The highest BCUT2D eigenvalue weighted by Crippen LogP contribution is 2.32. The number of ether oxygens (including phenoxy) is 2. The minimum absolute atomic E-state index is 0.188. The van der Waals surface area contributed by atoms with Crippen LogP contribution in [0.2, 0.25) is 0 Å². The van der Waals surface area contributed by atoms with E-state index in [1.807, 2.05) is 0 Å². The monoisotopic (exact) mass is 323 g/mol. The number of hydrogen-bond donors (Lipinski definition) is 1. The molecule has 0 heterocycles. The summed E-state index contributed by atoms with van der Waals surface area (Å²) >= 11 is 0. The molecule has 0 spiro atoms. The Morgan fingerprint density at radius 2 is 1.78 bits per heavy atom. The number of halogens is 2. The van der Waals surface area contributed by atoms with Gasteiger partial charge in [0.25, 0.3) is 0 Å². The maximum atomic E-state index is 13.3. The van der Waals surface area contributed by atoms with E-state index in [-0.39, 0.29) is 6.54 Å². The highest BCUT2D eigenvalue weighted by atomic mass is 19.2. The van der Waals surface area contributed by atoms with Gasteiger partial charge in [-0.1, -0.05) is 6.07 Å². The van der Waals surface area contributed by atoms with E-state index in [1.165, 1.54) is 13.2 Å². The fourth-order valence-electron chi connectivity index (χ4n) is 2.28. The first kappa shape index (κ1) is 17.0. The zero-order valence-electron chi connectivity index (χ0n) is 13.2. The Hall–Kier alpha value is -2.34. The third-order valence-electron chi connectivity index (χ3n) is 3.57. The maximum absolute atomic E-state index is 13.3. The summed E-state index contributed by atoms with van der Waals surface area (Å²) in [4.78, 5) is 1.77. The van der Waals surface area contributed by atoms with Crippen LogP contribution in [0.3, 0.4) is 0 Å². The van der Waals surface area contributed by atoms with Crippen LogP contribution in [0.1, 0.15) is 11.7 Å². The number of nitrogens with zero attached hydrogens (tertiary/aromatic N) is 1. The van der Waals surface area contributed by atoms with Gasteiger partial charge in [0.15, 0.2) is 11.6 Å². The number of aliphatic hydroxyl groups excluding tert-OH is 1. The average Bonchev–Trinajstić information content (AvgIpc) is 2.56. The molecule has 4 nitrogen and oxygen atoms in total. The van der Waals surface area contributed by atoms with E-state index in [9.17, 15) is 13.9 Å². The van der Waals surface area contributed by atoms with Crippen LogP contribution in [0, 0.1) is 11.6 Å². The van der Waals surface area contributed by atoms with Crippen LogP contribution in [0.15, 0.2) is 36.4 Å². The van der Waals surface area contributed by atoms with Crippen LogP contribution in [-0.2, 0) is 0 Å². The number of likely N-dealkylation sites (N-methyl/N-ethyl adjacent to an activating group) is 1. The van der Waals surface area contributed by atoms with Gasteiger partial charge >= 0.3 is 0 Å². The van der Waals surface area contributed by atoms with Crippen molar-refractivity contribution in [1.82, 2.24) is 0 Å². The van der Waals surface area contributed by atoms with Crippen LogP contribution in [0.4, 0.5) is 14.5 Å². The molecule has 6 heteroatoms. The van der Waals surface area contributed by atoms with Crippen LogP contribution < -0.4 is 14.4 Å². The Morgan fingerprint density at radius 3 is 2.39 bits per heavy atom. The van der Waals surface area contributed by atoms with Gasteiger partial charge in [-0.2, -0.15) is 0 Å². The van der Waals surface area contributed by atoms with Gasteiger partial charge in [0.1, 0.15) is 11.5 Å². The molecular formula is C17H19F2NO3. The molecule has 1 unspecified atom stereocenters. The molecule has 1 N–H and O–H groups in total. The van der Waals surface area contributed by atoms with Crippen molar-refractivity contribution in [3.05, 3.63) is 53.6 Å². The Balaban J connectivity index is 2.17. The topological polar surface area (TPSA) is 41.9 Å². The lowest BCUT2D eigenvalue weighted by atomic mass is 10.1. The molecule has 2 rings (SSSR count). The highest BCUT2D eigenvalue weighted by molar-refractivity contribution is 5.60. The largest absolute Gasteiger partial charge is 0.497 e. The molecule has 0 saturated carbocycles. The minimum atomic E-state index is -0.980. The van der Waals surface area contributed by atoms with Crippen LogP contribution in [0.25, 0.3) is 0 Å². The van der Waals surface area contributed by atoms with Crippen molar-refractivity contribution < 1.29 is 23.4 Å². The fourth-order valence-corrected chi connectivity index (χ4v) is 2.28. The molecule has 2 aromatic rings. The summed E-state index contributed by atoms with van der Waals surface area (Å²) in [6.45, 7) is 0.188. The van der Waals surface area contributed by atoms with E-state index < -0.39 is 17.7 Å². The molecular weight excluding hydrogens is 304 g/mol. The zero-order chi connectivity index (χ0) is 17.0. The van der Waals surface area contributed by atoms with Crippen LogP contribution >= 0.6 is 0 Å².